The Labute approximate surface area is 208 Å². The molecule has 1 saturated heterocycles. The maximum atomic E-state index is 14.7. The van der Waals surface area contributed by atoms with E-state index in [2.05, 4.69) is 11.6 Å². The van der Waals surface area contributed by atoms with Crippen molar-refractivity contribution in [3.63, 3.8) is 0 Å². The largest absolute Gasteiger partial charge is 0.350 e. The van der Waals surface area contributed by atoms with E-state index in [1.54, 1.807) is 10.6 Å². The maximum Gasteiger partial charge on any atom is 0.350 e. The lowest BCUT2D eigenvalue weighted by Gasteiger charge is -2.41. The molecule has 2 aliphatic heterocycles. The molecular formula is C24H20ClF3N4O2S. The van der Waals surface area contributed by atoms with Gasteiger partial charge in [-0.15, -0.1) is 11.8 Å². The molecule has 35 heavy (non-hydrogen) atoms. The van der Waals surface area contributed by atoms with Crippen LogP contribution in [-0.2, 0) is 11.3 Å². The Kier molecular flexibility index (Phi) is 6.04. The van der Waals surface area contributed by atoms with Crippen molar-refractivity contribution in [1.29, 1.82) is 0 Å². The number of rotatable bonds is 3. The summed E-state index contributed by atoms with van der Waals surface area (Å²) in [5.74, 6) is -2.27. The minimum Gasteiger partial charge on any atom is -0.350 e. The van der Waals surface area contributed by atoms with Gasteiger partial charge in [0.05, 0.1) is 10.5 Å². The van der Waals surface area contributed by atoms with Crippen LogP contribution in [0.1, 0.15) is 6.92 Å². The number of benzene rings is 2. The number of amides is 1. The molecule has 5 rings (SSSR count). The molecule has 6 nitrogen and oxygen atoms in total. The van der Waals surface area contributed by atoms with Crippen LogP contribution in [0, 0.1) is 11.6 Å². The highest BCUT2D eigenvalue weighted by atomic mass is 35.5. The number of aromatic nitrogens is 2. The predicted octanol–water partition coefficient (Wildman–Crippen LogP) is 4.62. The quantitative estimate of drug-likeness (QED) is 0.472. The molecule has 0 radical (unpaired) electrons. The highest BCUT2D eigenvalue weighted by Gasteiger charge is 2.32. The van der Waals surface area contributed by atoms with Gasteiger partial charge >= 0.3 is 5.69 Å². The summed E-state index contributed by atoms with van der Waals surface area (Å²) in [7, 11) is 0. The Hall–Kier alpha value is -2.98. The number of hydrogen-bond acceptors (Lipinski definition) is 5. The van der Waals surface area contributed by atoms with Crippen LogP contribution in [-0.4, -0.2) is 51.8 Å². The second-order valence-electron chi connectivity index (χ2n) is 8.50. The van der Waals surface area contributed by atoms with Crippen molar-refractivity contribution in [1.82, 2.24) is 14.5 Å². The molecule has 3 heterocycles. The van der Waals surface area contributed by atoms with Gasteiger partial charge in [0.1, 0.15) is 17.5 Å². The topological polar surface area (TPSA) is 58.4 Å². The molecule has 1 atom stereocenters. The van der Waals surface area contributed by atoms with Crippen molar-refractivity contribution >= 4 is 46.0 Å². The van der Waals surface area contributed by atoms with Crippen LogP contribution in [0.2, 0.25) is 5.02 Å². The summed E-state index contributed by atoms with van der Waals surface area (Å²) in [6.07, 6.45) is 0. The highest BCUT2D eigenvalue weighted by molar-refractivity contribution is 7.99. The van der Waals surface area contributed by atoms with Gasteiger partial charge in [0.2, 0.25) is 0 Å². The van der Waals surface area contributed by atoms with Crippen LogP contribution < -0.4 is 10.6 Å². The molecule has 0 aliphatic carbocycles. The lowest BCUT2D eigenvalue weighted by atomic mass is 10.0. The first-order valence-corrected chi connectivity index (χ1v) is 12.3. The summed E-state index contributed by atoms with van der Waals surface area (Å²) in [5.41, 5.74) is 0.676. The molecule has 1 aromatic heterocycles. The summed E-state index contributed by atoms with van der Waals surface area (Å²) >= 11 is 8.13. The Morgan fingerprint density at radius 2 is 2.00 bits per heavy atom. The van der Waals surface area contributed by atoms with Crippen molar-refractivity contribution in [2.45, 2.75) is 24.4 Å². The molecule has 2 aromatic carbocycles. The SMILES string of the molecule is C=C(F)C(=O)N1CCN(c2nc(=O)n3c4c(c(-c5ccc(F)cc5F)c(Cl)cc24)SCC3)C(C)C1. The second-order valence-corrected chi connectivity index (χ2v) is 10.0. The van der Waals surface area contributed by atoms with Gasteiger partial charge < -0.3 is 9.80 Å². The van der Waals surface area contributed by atoms with Crippen molar-refractivity contribution in [3.05, 3.63) is 63.8 Å². The minimum absolute atomic E-state index is 0.145. The molecule has 0 saturated carbocycles. The lowest BCUT2D eigenvalue weighted by molar-refractivity contribution is -0.129. The summed E-state index contributed by atoms with van der Waals surface area (Å²) in [4.78, 5) is 33.3. The van der Waals surface area contributed by atoms with E-state index in [0.717, 1.165) is 6.07 Å². The fourth-order valence-electron chi connectivity index (χ4n) is 4.74. The molecule has 0 N–H and O–H groups in total. The highest BCUT2D eigenvalue weighted by Crippen LogP contribution is 2.46. The fraction of sp³-hybridized carbons (Fsp3) is 0.292. The number of anilines is 1. The molecule has 182 valence electrons. The van der Waals surface area contributed by atoms with Crippen LogP contribution in [0.25, 0.3) is 22.0 Å². The van der Waals surface area contributed by atoms with Crippen molar-refractivity contribution in [3.8, 4) is 11.1 Å². The van der Waals surface area contributed by atoms with Crippen LogP contribution in [0.4, 0.5) is 19.0 Å². The van der Waals surface area contributed by atoms with E-state index in [0.29, 0.717) is 46.0 Å². The number of carbonyl (C=O) groups excluding carboxylic acids is 1. The standard InChI is InChI=1S/C24H20ClF3N4O2S/c1-12-11-30(23(33)13(2)26)5-6-31(12)22-16-10-17(25)19(15-4-3-14(27)9-18(15)28)21-20(16)32(7-8-35-21)24(34)29-22/h3-4,9-10,12H,2,5-8,11H2,1H3. The number of nitrogens with zero attached hydrogens (tertiary/aromatic N) is 4. The summed E-state index contributed by atoms with van der Waals surface area (Å²) < 4.78 is 43.2. The predicted molar refractivity (Wildman–Crippen MR) is 131 cm³/mol. The Morgan fingerprint density at radius 3 is 2.69 bits per heavy atom. The summed E-state index contributed by atoms with van der Waals surface area (Å²) in [6.45, 7) is 6.13. The fourth-order valence-corrected chi connectivity index (χ4v) is 6.30. The Morgan fingerprint density at radius 1 is 1.23 bits per heavy atom. The molecule has 0 spiro atoms. The van der Waals surface area contributed by atoms with Crippen molar-refractivity contribution in [2.75, 3.05) is 30.3 Å². The molecule has 3 aromatic rings. The molecular weight excluding hydrogens is 501 g/mol. The van der Waals surface area contributed by atoms with E-state index in [4.69, 9.17) is 11.6 Å². The van der Waals surface area contributed by atoms with Gasteiger partial charge in [-0.2, -0.15) is 4.98 Å². The zero-order valence-corrected chi connectivity index (χ0v) is 20.2. The van der Waals surface area contributed by atoms with Crippen LogP contribution in [0.5, 0.6) is 0 Å². The van der Waals surface area contributed by atoms with E-state index < -0.39 is 29.1 Å². The molecule has 2 aliphatic rings. The molecule has 0 bridgehead atoms. The third-order valence-corrected chi connectivity index (χ3v) is 7.70. The van der Waals surface area contributed by atoms with E-state index >= 15 is 0 Å². The molecule has 11 heteroatoms. The maximum absolute atomic E-state index is 14.7. The second kappa shape index (κ2) is 8.91. The Balaban J connectivity index is 1.68. The summed E-state index contributed by atoms with van der Waals surface area (Å²) in [5, 5.41) is 0.862. The van der Waals surface area contributed by atoms with Gasteiger partial charge in [-0.3, -0.25) is 9.36 Å². The van der Waals surface area contributed by atoms with Crippen LogP contribution in [0.15, 0.2) is 46.4 Å². The average molecular weight is 521 g/mol. The monoisotopic (exact) mass is 520 g/mol. The zero-order chi connectivity index (χ0) is 25.0. The number of hydrogen-bond donors (Lipinski definition) is 0. The number of halogens is 4. The summed E-state index contributed by atoms with van der Waals surface area (Å²) in [6, 6.07) is 4.68. The van der Waals surface area contributed by atoms with Gasteiger partial charge in [-0.1, -0.05) is 18.2 Å². The third kappa shape index (κ3) is 3.98. The van der Waals surface area contributed by atoms with Crippen LogP contribution in [0.3, 0.4) is 0 Å². The minimum atomic E-state index is -1.02. The Bertz CT molecular complexity index is 1460. The van der Waals surface area contributed by atoms with Crippen molar-refractivity contribution in [2.24, 2.45) is 0 Å². The van der Waals surface area contributed by atoms with Gasteiger partial charge in [-0.05, 0) is 25.1 Å². The van der Waals surface area contributed by atoms with E-state index in [9.17, 15) is 22.8 Å². The van der Waals surface area contributed by atoms with Gasteiger partial charge in [0, 0.05) is 65.4 Å². The molecule has 1 fully saturated rings. The average Bonchev–Trinajstić information content (AvgIpc) is 2.81. The lowest BCUT2D eigenvalue weighted by Crippen LogP contribution is -2.54. The third-order valence-electron chi connectivity index (χ3n) is 6.33. The van der Waals surface area contributed by atoms with Gasteiger partial charge in [-0.25, -0.2) is 18.0 Å². The number of aryl methyl sites for hydroxylation is 1. The van der Waals surface area contributed by atoms with E-state index in [1.807, 2.05) is 11.8 Å². The van der Waals surface area contributed by atoms with E-state index in [-0.39, 0.29) is 29.7 Å². The smallest absolute Gasteiger partial charge is 0.350 e. The molecule has 1 unspecified atom stereocenters. The van der Waals surface area contributed by atoms with Gasteiger partial charge in [0.15, 0.2) is 5.83 Å². The van der Waals surface area contributed by atoms with Crippen LogP contribution >= 0.6 is 23.4 Å². The number of thioether (sulfide) groups is 1. The molecule has 1 amide bonds. The van der Waals surface area contributed by atoms with E-state index in [1.165, 1.54) is 28.8 Å². The number of carbonyl (C=O) groups is 1. The number of piperazine rings is 1. The first-order valence-electron chi connectivity index (χ1n) is 10.9. The van der Waals surface area contributed by atoms with Gasteiger partial charge in [0.25, 0.3) is 5.91 Å². The first-order chi connectivity index (χ1) is 16.7. The first kappa shape index (κ1) is 23.7. The van der Waals surface area contributed by atoms with Crippen molar-refractivity contribution < 1.29 is 18.0 Å². The normalized spacial score (nSPS) is 17.7. The zero-order valence-electron chi connectivity index (χ0n) is 18.7.